The summed E-state index contributed by atoms with van der Waals surface area (Å²) in [5.74, 6) is -0.465. The monoisotopic (exact) mass is 320 g/mol. The molecule has 0 atom stereocenters. The van der Waals surface area contributed by atoms with E-state index in [0.717, 1.165) is 4.68 Å². The fourth-order valence-corrected chi connectivity index (χ4v) is 2.33. The number of rotatable bonds is 3. The van der Waals surface area contributed by atoms with Crippen LogP contribution in [0.4, 0.5) is 5.69 Å². The maximum Gasteiger partial charge on any atom is 0.273 e. The summed E-state index contributed by atoms with van der Waals surface area (Å²) in [4.78, 5) is 36.4. The molecule has 0 saturated heterocycles. The van der Waals surface area contributed by atoms with Crippen LogP contribution in [0.2, 0.25) is 0 Å². The van der Waals surface area contributed by atoms with Gasteiger partial charge in [0.05, 0.1) is 22.4 Å². The molecule has 1 aromatic heterocycles. The van der Waals surface area contributed by atoms with Crippen molar-refractivity contribution in [2.75, 3.05) is 5.32 Å². The number of nitrogens with one attached hydrogen (secondary N) is 2. The van der Waals surface area contributed by atoms with Crippen LogP contribution in [0.3, 0.4) is 0 Å². The van der Waals surface area contributed by atoms with Gasteiger partial charge in [-0.25, -0.2) is 4.68 Å². The number of anilines is 1. The molecular formula is C17H12N4O3. The SMILES string of the molecule is N#Cc1ccc(NC(=O)Cn2[nH]c(=O)c3ccccc3c2=O)cc1. The number of nitriles is 1. The van der Waals surface area contributed by atoms with E-state index in [1.165, 1.54) is 0 Å². The minimum Gasteiger partial charge on any atom is -0.324 e. The number of H-pyrrole nitrogens is 1. The third-order valence-corrected chi connectivity index (χ3v) is 3.48. The van der Waals surface area contributed by atoms with E-state index in [1.54, 1.807) is 48.5 Å². The lowest BCUT2D eigenvalue weighted by Crippen LogP contribution is -2.34. The summed E-state index contributed by atoms with van der Waals surface area (Å²) < 4.78 is 0.976. The molecule has 0 fully saturated rings. The van der Waals surface area contributed by atoms with Crippen LogP contribution >= 0.6 is 0 Å². The number of carbonyl (C=O) groups excluding carboxylic acids is 1. The molecule has 1 amide bonds. The summed E-state index contributed by atoms with van der Waals surface area (Å²) in [5.41, 5.74) is 0.0924. The Morgan fingerprint density at radius 1 is 1.08 bits per heavy atom. The van der Waals surface area contributed by atoms with Crippen molar-refractivity contribution >= 4 is 22.4 Å². The summed E-state index contributed by atoms with van der Waals surface area (Å²) in [6.45, 7) is -0.321. The molecule has 7 heteroatoms. The van der Waals surface area contributed by atoms with Crippen molar-refractivity contribution in [3.05, 3.63) is 74.8 Å². The summed E-state index contributed by atoms with van der Waals surface area (Å²) in [5, 5.41) is 14.3. The molecule has 2 aromatic carbocycles. The molecule has 3 aromatic rings. The number of hydrogen-bond donors (Lipinski definition) is 2. The van der Waals surface area contributed by atoms with Gasteiger partial charge in [0.15, 0.2) is 0 Å². The molecule has 0 aliphatic carbocycles. The van der Waals surface area contributed by atoms with Gasteiger partial charge in [-0.05, 0) is 36.4 Å². The lowest BCUT2D eigenvalue weighted by atomic mass is 10.2. The van der Waals surface area contributed by atoms with E-state index in [4.69, 9.17) is 5.26 Å². The van der Waals surface area contributed by atoms with Gasteiger partial charge in [0.1, 0.15) is 6.54 Å². The highest BCUT2D eigenvalue weighted by molar-refractivity contribution is 5.90. The number of hydrogen-bond acceptors (Lipinski definition) is 4. The Balaban J connectivity index is 1.85. The minimum absolute atomic E-state index is 0.257. The third kappa shape index (κ3) is 2.94. The molecule has 0 saturated carbocycles. The van der Waals surface area contributed by atoms with Crippen molar-refractivity contribution in [1.29, 1.82) is 5.26 Å². The Morgan fingerprint density at radius 3 is 2.42 bits per heavy atom. The van der Waals surface area contributed by atoms with Crippen molar-refractivity contribution in [3.63, 3.8) is 0 Å². The van der Waals surface area contributed by atoms with Crippen molar-refractivity contribution in [2.24, 2.45) is 0 Å². The molecule has 0 aliphatic heterocycles. The number of benzene rings is 2. The van der Waals surface area contributed by atoms with Crippen molar-refractivity contribution in [3.8, 4) is 6.07 Å². The third-order valence-electron chi connectivity index (χ3n) is 3.48. The second kappa shape index (κ2) is 6.22. The minimum atomic E-state index is -0.465. The number of amides is 1. The number of carbonyl (C=O) groups is 1. The maximum atomic E-state index is 12.3. The van der Waals surface area contributed by atoms with Crippen molar-refractivity contribution in [2.45, 2.75) is 6.54 Å². The van der Waals surface area contributed by atoms with Crippen LogP contribution in [0.5, 0.6) is 0 Å². The van der Waals surface area contributed by atoms with E-state index in [2.05, 4.69) is 10.4 Å². The van der Waals surface area contributed by atoms with E-state index >= 15 is 0 Å². The van der Waals surface area contributed by atoms with Gasteiger partial charge in [0.2, 0.25) is 5.91 Å². The highest BCUT2D eigenvalue weighted by atomic mass is 16.2. The largest absolute Gasteiger partial charge is 0.324 e. The van der Waals surface area contributed by atoms with Crippen LogP contribution in [-0.2, 0) is 11.3 Å². The first-order valence-corrected chi connectivity index (χ1v) is 7.10. The molecule has 0 unspecified atom stereocenters. The van der Waals surface area contributed by atoms with Crippen LogP contribution in [0.15, 0.2) is 58.1 Å². The first kappa shape index (κ1) is 15.2. The van der Waals surface area contributed by atoms with Crippen LogP contribution in [0, 0.1) is 11.3 Å². The Kier molecular flexibility index (Phi) is 3.95. The molecule has 0 aliphatic rings. The molecule has 0 spiro atoms. The maximum absolute atomic E-state index is 12.3. The predicted octanol–water partition coefficient (Wildman–Crippen LogP) is 1.20. The highest BCUT2D eigenvalue weighted by Gasteiger charge is 2.10. The van der Waals surface area contributed by atoms with Crippen LogP contribution < -0.4 is 16.4 Å². The Morgan fingerprint density at radius 2 is 1.75 bits per heavy atom. The quantitative estimate of drug-likeness (QED) is 0.756. The molecule has 3 rings (SSSR count). The van der Waals surface area contributed by atoms with Gasteiger partial charge in [-0.15, -0.1) is 0 Å². The second-order valence-corrected chi connectivity index (χ2v) is 5.12. The zero-order chi connectivity index (χ0) is 17.1. The average Bonchev–Trinajstić information content (AvgIpc) is 2.60. The van der Waals surface area contributed by atoms with Gasteiger partial charge >= 0.3 is 0 Å². The van der Waals surface area contributed by atoms with Crippen molar-refractivity contribution < 1.29 is 4.79 Å². The van der Waals surface area contributed by atoms with Gasteiger partial charge < -0.3 is 5.32 Å². The molecule has 118 valence electrons. The van der Waals surface area contributed by atoms with Crippen LogP contribution in [0.1, 0.15) is 5.56 Å². The summed E-state index contributed by atoms with van der Waals surface area (Å²) in [6, 6.07) is 14.7. The fraction of sp³-hybridized carbons (Fsp3) is 0.0588. The number of fused-ring (bicyclic) bond motifs is 1. The second-order valence-electron chi connectivity index (χ2n) is 5.12. The van der Waals surface area contributed by atoms with E-state index < -0.39 is 17.0 Å². The van der Waals surface area contributed by atoms with Gasteiger partial charge in [-0.3, -0.25) is 19.5 Å². The zero-order valence-electron chi connectivity index (χ0n) is 12.4. The molecule has 1 heterocycles. The number of nitrogens with zero attached hydrogens (tertiary/aromatic N) is 2. The molecular weight excluding hydrogens is 308 g/mol. The topological polar surface area (TPSA) is 108 Å². The molecule has 0 radical (unpaired) electrons. The van der Waals surface area contributed by atoms with Gasteiger partial charge in [0, 0.05) is 5.69 Å². The summed E-state index contributed by atoms with van der Waals surface area (Å²) in [6.07, 6.45) is 0. The number of aromatic nitrogens is 2. The summed E-state index contributed by atoms with van der Waals surface area (Å²) >= 11 is 0. The van der Waals surface area contributed by atoms with E-state index in [1.807, 2.05) is 6.07 Å². The first-order chi connectivity index (χ1) is 11.6. The van der Waals surface area contributed by atoms with Gasteiger partial charge in [-0.1, -0.05) is 12.1 Å². The van der Waals surface area contributed by atoms with E-state index in [-0.39, 0.29) is 17.3 Å². The highest BCUT2D eigenvalue weighted by Crippen LogP contribution is 2.08. The Labute approximate surface area is 135 Å². The van der Waals surface area contributed by atoms with Crippen LogP contribution in [0.25, 0.3) is 10.8 Å². The van der Waals surface area contributed by atoms with Crippen LogP contribution in [-0.4, -0.2) is 15.7 Å². The van der Waals surface area contributed by atoms with E-state index in [9.17, 15) is 14.4 Å². The number of aromatic amines is 1. The fourth-order valence-electron chi connectivity index (χ4n) is 2.33. The first-order valence-electron chi connectivity index (χ1n) is 7.10. The van der Waals surface area contributed by atoms with Crippen molar-refractivity contribution in [1.82, 2.24) is 9.78 Å². The smallest absolute Gasteiger partial charge is 0.273 e. The Bertz CT molecular complexity index is 1070. The average molecular weight is 320 g/mol. The Hall–Kier alpha value is -3.66. The van der Waals surface area contributed by atoms with Gasteiger partial charge in [-0.2, -0.15) is 5.26 Å². The molecule has 7 nitrogen and oxygen atoms in total. The van der Waals surface area contributed by atoms with E-state index in [0.29, 0.717) is 11.3 Å². The molecule has 2 N–H and O–H groups in total. The molecule has 24 heavy (non-hydrogen) atoms. The lowest BCUT2D eigenvalue weighted by Gasteiger charge is -2.08. The lowest BCUT2D eigenvalue weighted by molar-refractivity contribution is -0.117. The zero-order valence-corrected chi connectivity index (χ0v) is 12.4. The normalized spacial score (nSPS) is 10.3. The predicted molar refractivity (Wildman–Crippen MR) is 88.6 cm³/mol. The van der Waals surface area contributed by atoms with Gasteiger partial charge in [0.25, 0.3) is 11.1 Å². The molecule has 0 bridgehead atoms. The standard InChI is InChI=1S/C17H12N4O3/c18-9-11-5-7-12(8-6-11)19-15(22)10-21-17(24)14-4-2-1-3-13(14)16(23)20-21/h1-8H,10H2,(H,19,22)(H,20,23). The summed E-state index contributed by atoms with van der Waals surface area (Å²) in [7, 11) is 0.